The van der Waals surface area contributed by atoms with E-state index >= 15 is 0 Å². The lowest BCUT2D eigenvalue weighted by atomic mass is 9.95. The van der Waals surface area contributed by atoms with Crippen LogP contribution in [0.2, 0.25) is 0 Å². The van der Waals surface area contributed by atoms with E-state index in [2.05, 4.69) is 36.4 Å². The Balaban J connectivity index is 2.22. The number of carbonyl (C=O) groups excluding carboxylic acids is 1. The van der Waals surface area contributed by atoms with E-state index in [1.54, 1.807) is 0 Å². The molecule has 1 saturated heterocycles. The first-order valence-electron chi connectivity index (χ1n) is 6.11. The zero-order valence-electron chi connectivity index (χ0n) is 10.2. The summed E-state index contributed by atoms with van der Waals surface area (Å²) in [5, 5.41) is 0. The van der Waals surface area contributed by atoms with Crippen LogP contribution in [-0.4, -0.2) is 35.1 Å². The highest BCUT2D eigenvalue weighted by atomic mass is 127. The highest BCUT2D eigenvalue weighted by Gasteiger charge is 2.23. The van der Waals surface area contributed by atoms with E-state index in [-0.39, 0.29) is 6.09 Å². The van der Waals surface area contributed by atoms with Crippen molar-refractivity contribution < 1.29 is 9.53 Å². The zero-order valence-corrected chi connectivity index (χ0v) is 12.4. The van der Waals surface area contributed by atoms with Crippen molar-refractivity contribution in [3.05, 3.63) is 0 Å². The minimum atomic E-state index is -0.123. The Labute approximate surface area is 112 Å². The van der Waals surface area contributed by atoms with Crippen LogP contribution in [0.3, 0.4) is 0 Å². The van der Waals surface area contributed by atoms with Crippen LogP contribution < -0.4 is 0 Å². The van der Waals surface area contributed by atoms with Crippen LogP contribution in [-0.2, 0) is 4.74 Å². The molecule has 1 heterocycles. The van der Waals surface area contributed by atoms with Gasteiger partial charge in [0.05, 0.1) is 6.61 Å². The van der Waals surface area contributed by atoms with Crippen molar-refractivity contribution in [1.82, 2.24) is 4.90 Å². The number of ether oxygens (including phenoxy) is 1. The van der Waals surface area contributed by atoms with Gasteiger partial charge in [0.25, 0.3) is 0 Å². The van der Waals surface area contributed by atoms with Crippen LogP contribution >= 0.6 is 22.6 Å². The average molecular weight is 339 g/mol. The summed E-state index contributed by atoms with van der Waals surface area (Å²) in [6, 6.07) is 0. The maximum absolute atomic E-state index is 11.7. The molecule has 1 amide bonds. The maximum atomic E-state index is 11.7. The third-order valence-electron chi connectivity index (χ3n) is 2.93. The van der Waals surface area contributed by atoms with E-state index < -0.39 is 0 Å². The molecule has 3 nitrogen and oxygen atoms in total. The van der Waals surface area contributed by atoms with Crippen molar-refractivity contribution in [2.24, 2.45) is 11.8 Å². The van der Waals surface area contributed by atoms with Crippen molar-refractivity contribution >= 4 is 28.7 Å². The van der Waals surface area contributed by atoms with Gasteiger partial charge >= 0.3 is 6.09 Å². The lowest BCUT2D eigenvalue weighted by Gasteiger charge is -2.31. The standard InChI is InChI=1S/C12H22INO2/c1-10(2)9-16-12(15)14-7-4-11(3-6-13)5-8-14/h10-11H,3-9H2,1-2H3. The van der Waals surface area contributed by atoms with Crippen LogP contribution in [0.5, 0.6) is 0 Å². The fourth-order valence-electron chi connectivity index (χ4n) is 1.89. The first-order chi connectivity index (χ1) is 7.63. The monoisotopic (exact) mass is 339 g/mol. The molecular weight excluding hydrogens is 317 g/mol. The van der Waals surface area contributed by atoms with E-state index in [0.717, 1.165) is 31.8 Å². The maximum Gasteiger partial charge on any atom is 0.409 e. The number of rotatable bonds is 4. The molecule has 0 atom stereocenters. The fourth-order valence-corrected chi connectivity index (χ4v) is 2.77. The topological polar surface area (TPSA) is 29.5 Å². The van der Waals surface area contributed by atoms with Gasteiger partial charge in [0.1, 0.15) is 0 Å². The molecule has 1 rings (SSSR count). The van der Waals surface area contributed by atoms with Gasteiger partial charge < -0.3 is 9.64 Å². The molecule has 94 valence electrons. The second-order valence-corrected chi connectivity index (χ2v) is 5.96. The van der Waals surface area contributed by atoms with Gasteiger partial charge in [-0.3, -0.25) is 0 Å². The number of carbonyl (C=O) groups is 1. The molecule has 1 aliphatic rings. The van der Waals surface area contributed by atoms with Gasteiger partial charge in [0.2, 0.25) is 0 Å². The minimum absolute atomic E-state index is 0.123. The molecule has 0 radical (unpaired) electrons. The van der Waals surface area contributed by atoms with Crippen LogP contribution in [0.25, 0.3) is 0 Å². The molecule has 0 N–H and O–H groups in total. The molecule has 4 heteroatoms. The van der Waals surface area contributed by atoms with Crippen molar-refractivity contribution in [1.29, 1.82) is 0 Å². The van der Waals surface area contributed by atoms with E-state index in [9.17, 15) is 4.79 Å². The molecule has 0 saturated carbocycles. The first kappa shape index (κ1) is 14.1. The summed E-state index contributed by atoms with van der Waals surface area (Å²) in [6.07, 6.45) is 3.44. The molecule has 0 spiro atoms. The predicted octanol–water partition coefficient (Wildman–Crippen LogP) is 3.32. The molecule has 16 heavy (non-hydrogen) atoms. The van der Waals surface area contributed by atoms with Crippen LogP contribution in [0.1, 0.15) is 33.1 Å². The summed E-state index contributed by atoms with van der Waals surface area (Å²) in [5.41, 5.74) is 0. The number of halogens is 1. The summed E-state index contributed by atoms with van der Waals surface area (Å²) in [4.78, 5) is 13.5. The second kappa shape index (κ2) is 7.35. The number of hydrogen-bond acceptors (Lipinski definition) is 2. The average Bonchev–Trinajstić information content (AvgIpc) is 2.27. The van der Waals surface area contributed by atoms with Crippen molar-refractivity contribution in [3.63, 3.8) is 0 Å². The third-order valence-corrected chi connectivity index (χ3v) is 3.55. The lowest BCUT2D eigenvalue weighted by Crippen LogP contribution is -2.39. The van der Waals surface area contributed by atoms with Gasteiger partial charge in [-0.2, -0.15) is 0 Å². The van der Waals surface area contributed by atoms with E-state index in [1.165, 1.54) is 10.8 Å². The largest absolute Gasteiger partial charge is 0.449 e. The molecule has 0 aromatic carbocycles. The van der Waals surface area contributed by atoms with E-state index in [0.29, 0.717) is 12.5 Å². The number of nitrogens with zero attached hydrogens (tertiary/aromatic N) is 1. The summed E-state index contributed by atoms with van der Waals surface area (Å²) < 4.78 is 6.45. The van der Waals surface area contributed by atoms with Gasteiger partial charge in [0, 0.05) is 13.1 Å². The molecule has 0 aromatic heterocycles. The zero-order chi connectivity index (χ0) is 12.0. The molecular formula is C12H22INO2. The number of amides is 1. The second-order valence-electron chi connectivity index (χ2n) is 4.88. The van der Waals surface area contributed by atoms with Gasteiger partial charge in [-0.25, -0.2) is 4.79 Å². The highest BCUT2D eigenvalue weighted by Crippen LogP contribution is 2.21. The number of likely N-dealkylation sites (tertiary alicyclic amines) is 1. The van der Waals surface area contributed by atoms with E-state index in [1.807, 2.05) is 4.90 Å². The summed E-state index contributed by atoms with van der Waals surface area (Å²) in [7, 11) is 0. The van der Waals surface area contributed by atoms with Crippen molar-refractivity contribution in [2.75, 3.05) is 24.1 Å². The Kier molecular flexibility index (Phi) is 6.46. The minimum Gasteiger partial charge on any atom is -0.449 e. The number of alkyl halides is 1. The molecule has 0 aromatic rings. The molecule has 0 bridgehead atoms. The summed E-state index contributed by atoms with van der Waals surface area (Å²) >= 11 is 2.42. The Bertz CT molecular complexity index is 213. The fraction of sp³-hybridized carbons (Fsp3) is 0.917. The van der Waals surface area contributed by atoms with Gasteiger partial charge in [-0.15, -0.1) is 0 Å². The first-order valence-corrected chi connectivity index (χ1v) is 7.63. The quantitative estimate of drug-likeness (QED) is 0.581. The smallest absolute Gasteiger partial charge is 0.409 e. The molecule has 1 aliphatic heterocycles. The normalized spacial score (nSPS) is 17.9. The summed E-state index contributed by atoms with van der Waals surface area (Å²) in [6.45, 7) is 6.39. The lowest BCUT2D eigenvalue weighted by molar-refractivity contribution is 0.0788. The molecule has 1 fully saturated rings. The van der Waals surface area contributed by atoms with Gasteiger partial charge in [-0.05, 0) is 35.5 Å². The molecule has 0 aliphatic carbocycles. The highest BCUT2D eigenvalue weighted by molar-refractivity contribution is 14.1. The van der Waals surface area contributed by atoms with E-state index in [4.69, 9.17) is 4.74 Å². The Morgan fingerprint density at radius 2 is 2.06 bits per heavy atom. The SMILES string of the molecule is CC(C)COC(=O)N1CCC(CCI)CC1. The Hall–Kier alpha value is 0. The van der Waals surface area contributed by atoms with Crippen LogP contribution in [0.15, 0.2) is 0 Å². The Morgan fingerprint density at radius 3 is 2.56 bits per heavy atom. The van der Waals surface area contributed by atoms with Crippen LogP contribution in [0, 0.1) is 11.8 Å². The third kappa shape index (κ3) is 4.89. The number of hydrogen-bond donors (Lipinski definition) is 0. The van der Waals surface area contributed by atoms with Gasteiger partial charge in [0.15, 0.2) is 0 Å². The molecule has 0 unspecified atom stereocenters. The number of piperidine rings is 1. The van der Waals surface area contributed by atoms with Gasteiger partial charge in [-0.1, -0.05) is 36.4 Å². The van der Waals surface area contributed by atoms with Crippen LogP contribution in [0.4, 0.5) is 4.79 Å². The summed E-state index contributed by atoms with van der Waals surface area (Å²) in [5.74, 6) is 1.23. The van der Waals surface area contributed by atoms with Crippen molar-refractivity contribution in [2.45, 2.75) is 33.1 Å². The Morgan fingerprint density at radius 1 is 1.44 bits per heavy atom. The van der Waals surface area contributed by atoms with Crippen molar-refractivity contribution in [3.8, 4) is 0 Å². The predicted molar refractivity (Wildman–Crippen MR) is 74.0 cm³/mol.